The predicted octanol–water partition coefficient (Wildman–Crippen LogP) is 0.0724. The van der Waals surface area contributed by atoms with Gasteiger partial charge < -0.3 is 5.11 Å². The number of carbonyl (C=O) groups excluding carboxylic acids is 2. The van der Waals surface area contributed by atoms with Crippen molar-refractivity contribution < 1.29 is 19.5 Å². The number of carbonyl (C=O) groups is 3. The average molecular weight is 301 g/mol. The third kappa shape index (κ3) is 2.14. The highest BCUT2D eigenvalue weighted by atomic mass is 16.4. The second kappa shape index (κ2) is 5.06. The van der Waals surface area contributed by atoms with Gasteiger partial charge in [0.1, 0.15) is 6.04 Å². The minimum atomic E-state index is -1.24. The molecule has 1 atom stereocenters. The van der Waals surface area contributed by atoms with Crippen LogP contribution in [0.3, 0.4) is 0 Å². The predicted molar refractivity (Wildman–Crippen MR) is 74.4 cm³/mol. The largest absolute Gasteiger partial charge is 0.478 e. The maximum Gasteiger partial charge on any atom is 0.336 e. The number of amides is 2. The summed E-state index contributed by atoms with van der Waals surface area (Å²) in [7, 11) is 0. The Kier molecular flexibility index (Phi) is 3.21. The normalized spacial score (nSPS) is 18.3. The molecule has 1 aromatic heterocycles. The molecule has 112 valence electrons. The van der Waals surface area contributed by atoms with E-state index < -0.39 is 29.4 Å². The topological polar surface area (TPSA) is 118 Å². The summed E-state index contributed by atoms with van der Waals surface area (Å²) in [6.45, 7) is 0. The van der Waals surface area contributed by atoms with Crippen molar-refractivity contribution in [2.24, 2.45) is 0 Å². The van der Waals surface area contributed by atoms with E-state index in [0.717, 1.165) is 4.57 Å². The number of hydrogen-bond donors (Lipinski definition) is 2. The van der Waals surface area contributed by atoms with Crippen LogP contribution in [0.5, 0.6) is 0 Å². The van der Waals surface area contributed by atoms with Crippen molar-refractivity contribution in [2.75, 3.05) is 0 Å². The summed E-state index contributed by atoms with van der Waals surface area (Å²) < 4.78 is 1.08. The Morgan fingerprint density at radius 3 is 2.77 bits per heavy atom. The number of nitrogens with one attached hydrogen (secondary N) is 1. The van der Waals surface area contributed by atoms with Gasteiger partial charge in [0.2, 0.25) is 11.8 Å². The van der Waals surface area contributed by atoms with Crippen molar-refractivity contribution in [2.45, 2.75) is 18.9 Å². The lowest BCUT2D eigenvalue weighted by Gasteiger charge is -2.22. The Morgan fingerprint density at radius 1 is 1.32 bits per heavy atom. The highest BCUT2D eigenvalue weighted by molar-refractivity contribution is 6.02. The van der Waals surface area contributed by atoms with Crippen molar-refractivity contribution in [1.29, 1.82) is 0 Å². The Hall–Kier alpha value is -3.03. The molecule has 8 heteroatoms. The van der Waals surface area contributed by atoms with Gasteiger partial charge in [0.15, 0.2) is 0 Å². The maximum absolute atomic E-state index is 12.6. The van der Waals surface area contributed by atoms with Gasteiger partial charge in [0, 0.05) is 6.42 Å². The molecule has 2 aromatic rings. The Labute approximate surface area is 123 Å². The van der Waals surface area contributed by atoms with Crippen LogP contribution in [0.15, 0.2) is 29.3 Å². The van der Waals surface area contributed by atoms with Crippen LogP contribution in [0.1, 0.15) is 29.2 Å². The molecule has 1 aromatic carbocycles. The molecule has 1 aliphatic rings. The summed E-state index contributed by atoms with van der Waals surface area (Å²) >= 11 is 0. The van der Waals surface area contributed by atoms with Crippen molar-refractivity contribution >= 4 is 28.7 Å². The molecular weight excluding hydrogens is 290 g/mol. The molecule has 0 aliphatic carbocycles. The fourth-order valence-electron chi connectivity index (χ4n) is 2.53. The first-order valence-electron chi connectivity index (χ1n) is 6.56. The fraction of sp³-hybridized carbons (Fsp3) is 0.214. The van der Waals surface area contributed by atoms with Gasteiger partial charge >= 0.3 is 5.97 Å². The van der Waals surface area contributed by atoms with Gasteiger partial charge in [-0.1, -0.05) is 6.07 Å². The van der Waals surface area contributed by atoms with Crippen LogP contribution < -0.4 is 10.9 Å². The Morgan fingerprint density at radius 2 is 2.09 bits per heavy atom. The minimum absolute atomic E-state index is 0.0535. The van der Waals surface area contributed by atoms with Crippen molar-refractivity contribution in [1.82, 2.24) is 14.9 Å². The molecule has 2 N–H and O–H groups in total. The van der Waals surface area contributed by atoms with E-state index in [1.54, 1.807) is 0 Å². The quantitative estimate of drug-likeness (QED) is 0.758. The van der Waals surface area contributed by atoms with Gasteiger partial charge in [0.05, 0.1) is 22.8 Å². The van der Waals surface area contributed by atoms with Crippen molar-refractivity contribution in [3.05, 3.63) is 40.4 Å². The average Bonchev–Trinajstić information content (AvgIpc) is 2.48. The summed E-state index contributed by atoms with van der Waals surface area (Å²) in [4.78, 5) is 50.9. The van der Waals surface area contributed by atoms with E-state index in [0.29, 0.717) is 0 Å². The van der Waals surface area contributed by atoms with Crippen LogP contribution in [-0.2, 0) is 9.59 Å². The van der Waals surface area contributed by atoms with E-state index in [2.05, 4.69) is 10.3 Å². The number of imide groups is 1. The lowest BCUT2D eigenvalue weighted by molar-refractivity contribution is -0.135. The van der Waals surface area contributed by atoms with Crippen LogP contribution in [-0.4, -0.2) is 32.4 Å². The van der Waals surface area contributed by atoms with Crippen LogP contribution >= 0.6 is 0 Å². The SMILES string of the molecule is O=C1CCC(n2cnc3cccc(C(=O)O)c3c2=O)C(=O)N1. The van der Waals surface area contributed by atoms with Crippen LogP contribution in [0.2, 0.25) is 0 Å². The molecule has 0 spiro atoms. The number of benzene rings is 1. The minimum Gasteiger partial charge on any atom is -0.478 e. The van der Waals surface area contributed by atoms with E-state index in [1.807, 2.05) is 0 Å². The molecule has 1 unspecified atom stereocenters. The van der Waals surface area contributed by atoms with E-state index in [1.165, 1.54) is 24.5 Å². The molecule has 0 radical (unpaired) electrons. The highest BCUT2D eigenvalue weighted by Gasteiger charge is 2.29. The van der Waals surface area contributed by atoms with Crippen molar-refractivity contribution in [3.8, 4) is 0 Å². The molecule has 1 fully saturated rings. The molecule has 2 heterocycles. The number of piperidine rings is 1. The zero-order valence-electron chi connectivity index (χ0n) is 11.3. The smallest absolute Gasteiger partial charge is 0.336 e. The Balaban J connectivity index is 2.20. The standard InChI is InChI=1S/C14H11N3O5/c18-10-5-4-9(12(19)16-10)17-6-15-8-3-1-2-7(14(21)22)11(8)13(17)20/h1-3,6,9H,4-5H2,(H,21,22)(H,16,18,19). The van der Waals surface area contributed by atoms with E-state index >= 15 is 0 Å². The molecule has 0 saturated carbocycles. The van der Waals surface area contributed by atoms with Crippen molar-refractivity contribution in [3.63, 3.8) is 0 Å². The zero-order chi connectivity index (χ0) is 15.9. The first-order valence-corrected chi connectivity index (χ1v) is 6.56. The first-order chi connectivity index (χ1) is 10.5. The molecule has 3 rings (SSSR count). The number of aromatic nitrogens is 2. The van der Waals surface area contributed by atoms with Crippen LogP contribution in [0, 0.1) is 0 Å². The number of nitrogens with zero attached hydrogens (tertiary/aromatic N) is 2. The van der Waals surface area contributed by atoms with E-state index in [9.17, 15) is 24.3 Å². The third-order valence-corrected chi connectivity index (χ3v) is 3.59. The molecule has 1 aliphatic heterocycles. The number of aromatic carboxylic acids is 1. The van der Waals surface area contributed by atoms with E-state index in [4.69, 9.17) is 0 Å². The third-order valence-electron chi connectivity index (χ3n) is 3.59. The fourth-order valence-corrected chi connectivity index (χ4v) is 2.53. The zero-order valence-corrected chi connectivity index (χ0v) is 11.3. The van der Waals surface area contributed by atoms with Gasteiger partial charge in [-0.3, -0.25) is 24.3 Å². The van der Waals surface area contributed by atoms with Gasteiger partial charge in [-0.15, -0.1) is 0 Å². The summed E-state index contributed by atoms with van der Waals surface area (Å²) in [6.07, 6.45) is 1.49. The molecule has 0 bridgehead atoms. The van der Waals surface area contributed by atoms with Crippen LogP contribution in [0.25, 0.3) is 10.9 Å². The second-order valence-electron chi connectivity index (χ2n) is 4.93. The summed E-state index contributed by atoms with van der Waals surface area (Å²) in [6, 6.07) is 3.46. The summed E-state index contributed by atoms with van der Waals surface area (Å²) in [5.74, 6) is -2.23. The number of fused-ring (bicyclic) bond motifs is 1. The molecule has 1 saturated heterocycles. The van der Waals surface area contributed by atoms with Gasteiger partial charge in [-0.25, -0.2) is 9.78 Å². The molecule has 2 amide bonds. The maximum atomic E-state index is 12.6. The summed E-state index contributed by atoms with van der Waals surface area (Å²) in [5, 5.41) is 11.3. The molecule has 22 heavy (non-hydrogen) atoms. The van der Waals surface area contributed by atoms with Gasteiger partial charge in [0.25, 0.3) is 5.56 Å². The Bertz CT molecular complexity index is 870. The van der Waals surface area contributed by atoms with Gasteiger partial charge in [-0.05, 0) is 18.6 Å². The van der Waals surface area contributed by atoms with Gasteiger partial charge in [-0.2, -0.15) is 0 Å². The number of carboxylic acid groups (broad SMARTS) is 1. The number of rotatable bonds is 2. The first kappa shape index (κ1) is 13.9. The van der Waals surface area contributed by atoms with E-state index in [-0.39, 0.29) is 29.3 Å². The monoisotopic (exact) mass is 301 g/mol. The second-order valence-corrected chi connectivity index (χ2v) is 4.93. The highest BCUT2D eigenvalue weighted by Crippen LogP contribution is 2.19. The number of carboxylic acids is 1. The number of hydrogen-bond acceptors (Lipinski definition) is 5. The molecular formula is C14H11N3O5. The van der Waals surface area contributed by atoms with Crippen LogP contribution in [0.4, 0.5) is 0 Å². The summed E-state index contributed by atoms with van der Waals surface area (Å²) in [5.41, 5.74) is -0.539. The lowest BCUT2D eigenvalue weighted by atomic mass is 10.1. The molecule has 8 nitrogen and oxygen atoms in total. The lowest BCUT2D eigenvalue weighted by Crippen LogP contribution is -2.44.